The number of pyridine rings is 1. The Balaban J connectivity index is 1.22. The number of nitrogens with zero attached hydrogens (tertiary/aromatic N) is 4. The van der Waals surface area contributed by atoms with Gasteiger partial charge < -0.3 is 9.80 Å². The molecule has 8 nitrogen and oxygen atoms in total. The highest BCUT2D eigenvalue weighted by molar-refractivity contribution is 6.05. The summed E-state index contributed by atoms with van der Waals surface area (Å²) in [5.41, 5.74) is 4.01. The Morgan fingerprint density at radius 1 is 1.00 bits per heavy atom. The Hall–Kier alpha value is -3.26. The molecular weight excluding hydrogens is 394 g/mol. The van der Waals surface area contributed by atoms with Crippen LogP contribution >= 0.6 is 0 Å². The van der Waals surface area contributed by atoms with Gasteiger partial charge in [-0.2, -0.15) is 0 Å². The maximum Gasteiger partial charge on any atom is 0.255 e. The summed E-state index contributed by atoms with van der Waals surface area (Å²) < 4.78 is 0. The summed E-state index contributed by atoms with van der Waals surface area (Å²) in [5, 5.41) is 2.35. The number of hydrogen-bond acceptors (Lipinski definition) is 6. The van der Waals surface area contributed by atoms with Crippen LogP contribution in [-0.4, -0.2) is 64.7 Å². The molecule has 3 aliphatic rings. The van der Waals surface area contributed by atoms with Gasteiger partial charge in [0, 0.05) is 69.3 Å². The maximum absolute atomic E-state index is 12.8. The molecule has 3 aliphatic heterocycles. The zero-order chi connectivity index (χ0) is 21.4. The molecule has 0 bridgehead atoms. The van der Waals surface area contributed by atoms with Gasteiger partial charge in [0.15, 0.2) is 0 Å². The van der Waals surface area contributed by atoms with Crippen molar-refractivity contribution in [1.29, 1.82) is 0 Å². The van der Waals surface area contributed by atoms with Crippen molar-refractivity contribution in [2.75, 3.05) is 31.1 Å². The molecule has 1 aromatic carbocycles. The van der Waals surface area contributed by atoms with Gasteiger partial charge in [0.05, 0.1) is 0 Å². The van der Waals surface area contributed by atoms with Crippen LogP contribution in [0, 0.1) is 0 Å². The van der Waals surface area contributed by atoms with Crippen molar-refractivity contribution in [3.05, 3.63) is 59.4 Å². The van der Waals surface area contributed by atoms with E-state index in [-0.39, 0.29) is 24.1 Å². The van der Waals surface area contributed by atoms with Crippen LogP contribution in [0.5, 0.6) is 0 Å². The van der Waals surface area contributed by atoms with Crippen LogP contribution in [0.25, 0.3) is 0 Å². The topological polar surface area (TPSA) is 85.9 Å². The standard InChI is InChI=1S/C23H25N5O3/c29-21-4-3-20(22(30)25-21)28-15-17-13-16(1-2-19(17)23(28)31)14-26-9-11-27(12-10-26)18-5-7-24-8-6-18/h1-2,5-8,13,20H,3-4,9-12,14-15H2,(H,25,29,30). The van der Waals surface area contributed by atoms with Crippen molar-refractivity contribution in [2.24, 2.45) is 0 Å². The number of benzene rings is 1. The number of anilines is 1. The van der Waals surface area contributed by atoms with Crippen LogP contribution < -0.4 is 10.2 Å². The van der Waals surface area contributed by atoms with Crippen LogP contribution in [-0.2, 0) is 22.7 Å². The highest BCUT2D eigenvalue weighted by Crippen LogP contribution is 2.28. The summed E-state index contributed by atoms with van der Waals surface area (Å²) in [5.74, 6) is -0.761. The first-order valence-electron chi connectivity index (χ1n) is 10.7. The molecule has 0 saturated carbocycles. The van der Waals surface area contributed by atoms with Crippen molar-refractivity contribution in [2.45, 2.75) is 32.0 Å². The van der Waals surface area contributed by atoms with E-state index in [4.69, 9.17) is 0 Å². The molecule has 160 valence electrons. The van der Waals surface area contributed by atoms with Crippen molar-refractivity contribution in [3.63, 3.8) is 0 Å². The third kappa shape index (κ3) is 3.90. The second kappa shape index (κ2) is 8.11. The second-order valence-corrected chi connectivity index (χ2v) is 8.36. The van der Waals surface area contributed by atoms with E-state index in [1.807, 2.05) is 36.7 Å². The van der Waals surface area contributed by atoms with Crippen molar-refractivity contribution < 1.29 is 14.4 Å². The first-order valence-corrected chi connectivity index (χ1v) is 10.7. The van der Waals surface area contributed by atoms with Crippen LogP contribution in [0.4, 0.5) is 5.69 Å². The summed E-state index contributed by atoms with van der Waals surface area (Å²) >= 11 is 0. The summed E-state index contributed by atoms with van der Waals surface area (Å²) in [6.07, 6.45) is 4.31. The van der Waals surface area contributed by atoms with Gasteiger partial charge >= 0.3 is 0 Å². The number of piperidine rings is 1. The third-order valence-corrected chi connectivity index (χ3v) is 6.39. The van der Waals surface area contributed by atoms with Gasteiger partial charge in [-0.05, 0) is 35.7 Å². The Morgan fingerprint density at radius 3 is 2.52 bits per heavy atom. The molecule has 5 rings (SSSR count). The molecule has 8 heteroatoms. The van der Waals surface area contributed by atoms with Gasteiger partial charge in [-0.25, -0.2) is 0 Å². The van der Waals surface area contributed by atoms with E-state index in [0.717, 1.165) is 38.3 Å². The fourth-order valence-electron chi connectivity index (χ4n) is 4.70. The molecule has 0 radical (unpaired) electrons. The number of hydrogen-bond donors (Lipinski definition) is 1. The van der Waals surface area contributed by atoms with Crippen LogP contribution in [0.1, 0.15) is 34.3 Å². The summed E-state index contributed by atoms with van der Waals surface area (Å²) in [4.78, 5) is 46.9. The van der Waals surface area contributed by atoms with E-state index in [1.165, 1.54) is 11.3 Å². The molecule has 1 aromatic heterocycles. The number of carbonyl (C=O) groups excluding carboxylic acids is 3. The first kappa shape index (κ1) is 19.7. The predicted octanol–water partition coefficient (Wildman–Crippen LogP) is 1.16. The Labute approximate surface area is 180 Å². The number of amides is 3. The number of aromatic nitrogens is 1. The number of imide groups is 1. The zero-order valence-corrected chi connectivity index (χ0v) is 17.3. The van der Waals surface area contributed by atoms with Gasteiger partial charge in [-0.15, -0.1) is 0 Å². The Bertz CT molecular complexity index is 1020. The van der Waals surface area contributed by atoms with Crippen LogP contribution in [0.15, 0.2) is 42.7 Å². The van der Waals surface area contributed by atoms with Gasteiger partial charge in [-0.3, -0.25) is 29.6 Å². The normalized spacial score (nSPS) is 21.9. The fraction of sp³-hybridized carbons (Fsp3) is 0.391. The summed E-state index contributed by atoms with van der Waals surface area (Å²) in [7, 11) is 0. The van der Waals surface area contributed by atoms with E-state index in [2.05, 4.69) is 26.2 Å². The molecule has 1 unspecified atom stereocenters. The third-order valence-electron chi connectivity index (χ3n) is 6.39. The average molecular weight is 419 g/mol. The largest absolute Gasteiger partial charge is 0.369 e. The molecule has 0 spiro atoms. The SMILES string of the molecule is O=C1CCC(N2Cc3cc(CN4CCN(c5ccncc5)CC4)ccc3C2=O)C(=O)N1. The van der Waals surface area contributed by atoms with Crippen LogP contribution in [0.3, 0.4) is 0 Å². The zero-order valence-electron chi connectivity index (χ0n) is 17.3. The molecule has 2 saturated heterocycles. The smallest absolute Gasteiger partial charge is 0.255 e. The van der Waals surface area contributed by atoms with E-state index in [0.29, 0.717) is 18.5 Å². The lowest BCUT2D eigenvalue weighted by atomic mass is 10.0. The number of carbonyl (C=O) groups is 3. The number of rotatable bonds is 4. The molecule has 2 aromatic rings. The van der Waals surface area contributed by atoms with Crippen molar-refractivity contribution in [3.8, 4) is 0 Å². The minimum Gasteiger partial charge on any atom is -0.369 e. The van der Waals surface area contributed by atoms with Gasteiger partial charge in [0.2, 0.25) is 11.8 Å². The lowest BCUT2D eigenvalue weighted by Crippen LogP contribution is -2.52. The molecular formula is C23H25N5O3. The molecule has 2 fully saturated rings. The molecule has 0 aliphatic carbocycles. The fourth-order valence-corrected chi connectivity index (χ4v) is 4.70. The number of fused-ring (bicyclic) bond motifs is 1. The minimum atomic E-state index is -0.567. The first-order chi connectivity index (χ1) is 15.1. The molecule has 3 amide bonds. The monoisotopic (exact) mass is 419 g/mol. The molecule has 31 heavy (non-hydrogen) atoms. The number of piperazine rings is 1. The second-order valence-electron chi connectivity index (χ2n) is 8.36. The van der Waals surface area contributed by atoms with E-state index in [9.17, 15) is 14.4 Å². The Morgan fingerprint density at radius 2 is 1.77 bits per heavy atom. The van der Waals surface area contributed by atoms with E-state index >= 15 is 0 Å². The predicted molar refractivity (Wildman–Crippen MR) is 114 cm³/mol. The quantitative estimate of drug-likeness (QED) is 0.749. The highest BCUT2D eigenvalue weighted by Gasteiger charge is 2.39. The highest BCUT2D eigenvalue weighted by atomic mass is 16.2. The average Bonchev–Trinajstić information content (AvgIpc) is 3.10. The van der Waals surface area contributed by atoms with E-state index < -0.39 is 6.04 Å². The van der Waals surface area contributed by atoms with Crippen LogP contribution in [0.2, 0.25) is 0 Å². The van der Waals surface area contributed by atoms with Crippen molar-refractivity contribution in [1.82, 2.24) is 20.1 Å². The minimum absolute atomic E-state index is 0.123. The van der Waals surface area contributed by atoms with Gasteiger partial charge in [0.25, 0.3) is 5.91 Å². The van der Waals surface area contributed by atoms with E-state index in [1.54, 1.807) is 4.90 Å². The molecule has 4 heterocycles. The van der Waals surface area contributed by atoms with Crippen molar-refractivity contribution >= 4 is 23.4 Å². The summed E-state index contributed by atoms with van der Waals surface area (Å²) in [6.45, 7) is 5.14. The lowest BCUT2D eigenvalue weighted by Gasteiger charge is -2.36. The lowest BCUT2D eigenvalue weighted by molar-refractivity contribution is -0.136. The summed E-state index contributed by atoms with van der Waals surface area (Å²) in [6, 6.07) is 9.51. The molecule has 1 atom stereocenters. The number of nitrogens with one attached hydrogen (secondary N) is 1. The molecule has 1 N–H and O–H groups in total. The maximum atomic E-state index is 12.8. The van der Waals surface area contributed by atoms with Gasteiger partial charge in [0.1, 0.15) is 6.04 Å². The Kier molecular flexibility index (Phi) is 5.15. The van der Waals surface area contributed by atoms with Gasteiger partial charge in [-0.1, -0.05) is 12.1 Å².